The third-order valence-electron chi connectivity index (χ3n) is 8.81. The highest BCUT2D eigenvalue weighted by Crippen LogP contribution is 2.55. The lowest BCUT2D eigenvalue weighted by atomic mass is 9.63. The number of nitrogens with two attached hydrogens (primary N) is 1. The Kier molecular flexibility index (Phi) is 5.13. The number of hydrogen-bond acceptors (Lipinski definition) is 10. The van der Waals surface area contributed by atoms with Gasteiger partial charge in [-0.25, -0.2) is 14.6 Å². The first-order valence-corrected chi connectivity index (χ1v) is 13.9. The van der Waals surface area contributed by atoms with Crippen LogP contribution in [0.5, 0.6) is 0 Å². The molecule has 4 aromatic rings. The van der Waals surface area contributed by atoms with E-state index in [-0.39, 0.29) is 11.5 Å². The number of fused-ring (bicyclic) bond motifs is 5. The molecule has 1 saturated heterocycles. The summed E-state index contributed by atoms with van der Waals surface area (Å²) in [4.78, 5) is 13.2. The SMILES string of the molecule is CC(C1CCCN1C)n1nnc2cnc(-c3noc4c3CCCC43CCCc4sc(N)c(C#N)c43)nc21. The third kappa shape index (κ3) is 3.21. The Morgan fingerprint density at radius 1 is 1.27 bits per heavy atom. The summed E-state index contributed by atoms with van der Waals surface area (Å²) in [6.07, 6.45) is 9.72. The monoisotopic (exact) mass is 515 g/mol. The van der Waals surface area contributed by atoms with Gasteiger partial charge in [-0.1, -0.05) is 10.4 Å². The van der Waals surface area contributed by atoms with E-state index < -0.39 is 0 Å². The van der Waals surface area contributed by atoms with Gasteiger partial charge in [0, 0.05) is 16.5 Å². The van der Waals surface area contributed by atoms with E-state index in [4.69, 9.17) is 15.2 Å². The van der Waals surface area contributed by atoms with Gasteiger partial charge in [0.2, 0.25) is 0 Å². The van der Waals surface area contributed by atoms with Gasteiger partial charge in [-0.3, -0.25) is 0 Å². The number of nitrogen functional groups attached to an aromatic ring is 1. The van der Waals surface area contributed by atoms with Crippen LogP contribution in [-0.4, -0.2) is 54.7 Å². The molecule has 2 aliphatic carbocycles. The fraction of sp³-hybridized carbons (Fsp3) is 0.538. The van der Waals surface area contributed by atoms with Crippen LogP contribution < -0.4 is 5.73 Å². The Labute approximate surface area is 218 Å². The normalized spacial score (nSPS) is 24.3. The van der Waals surface area contributed by atoms with Crippen LogP contribution in [0.3, 0.4) is 0 Å². The maximum absolute atomic E-state index is 9.95. The van der Waals surface area contributed by atoms with Gasteiger partial charge in [0.1, 0.15) is 11.1 Å². The molecule has 0 amide bonds. The van der Waals surface area contributed by atoms with E-state index >= 15 is 0 Å². The van der Waals surface area contributed by atoms with Crippen molar-refractivity contribution in [1.82, 2.24) is 35.0 Å². The van der Waals surface area contributed by atoms with Gasteiger partial charge in [0.15, 0.2) is 28.4 Å². The largest absolute Gasteiger partial charge is 0.389 e. The lowest BCUT2D eigenvalue weighted by Gasteiger charge is -2.39. The maximum Gasteiger partial charge on any atom is 0.184 e. The van der Waals surface area contributed by atoms with Crippen LogP contribution in [0.2, 0.25) is 0 Å². The van der Waals surface area contributed by atoms with Crippen molar-refractivity contribution in [1.29, 1.82) is 5.26 Å². The molecule has 7 rings (SSSR count). The quantitative estimate of drug-likeness (QED) is 0.429. The van der Waals surface area contributed by atoms with Crippen molar-refractivity contribution in [2.75, 3.05) is 19.3 Å². The van der Waals surface area contributed by atoms with Crippen LogP contribution >= 0.6 is 11.3 Å². The lowest BCUT2D eigenvalue weighted by molar-refractivity contribution is 0.230. The molecule has 11 heteroatoms. The number of aryl methyl sites for hydroxylation is 1. The van der Waals surface area contributed by atoms with Crippen LogP contribution in [0.25, 0.3) is 22.7 Å². The first-order valence-electron chi connectivity index (χ1n) is 13.1. The Morgan fingerprint density at radius 3 is 2.89 bits per heavy atom. The molecule has 0 radical (unpaired) electrons. The minimum absolute atomic E-state index is 0.142. The second-order valence-corrected chi connectivity index (χ2v) is 11.9. The lowest BCUT2D eigenvalue weighted by Crippen LogP contribution is -2.35. The molecule has 0 aromatic carbocycles. The fourth-order valence-corrected chi connectivity index (χ4v) is 8.22. The van der Waals surface area contributed by atoms with Gasteiger partial charge >= 0.3 is 0 Å². The summed E-state index contributed by atoms with van der Waals surface area (Å²) in [5.74, 6) is 1.40. The summed E-state index contributed by atoms with van der Waals surface area (Å²) in [5.41, 5.74) is 10.7. The standard InChI is InChI=1S/C26H29N9OS/c1-14(18-7-5-11-34(18)2)35-25-17(31-33-35)13-29-24(30-25)21-15-6-3-9-26(22(15)36-32-21)10-4-8-19-20(26)16(12-27)23(28)37-19/h13-14,18H,3-11,28H2,1-2H3. The first-order chi connectivity index (χ1) is 18.0. The van der Waals surface area contributed by atoms with Gasteiger partial charge < -0.3 is 15.2 Å². The molecule has 10 nitrogen and oxygen atoms in total. The van der Waals surface area contributed by atoms with Crippen LogP contribution in [0.4, 0.5) is 5.00 Å². The smallest absolute Gasteiger partial charge is 0.184 e. The molecule has 37 heavy (non-hydrogen) atoms. The Bertz CT molecular complexity index is 1560. The summed E-state index contributed by atoms with van der Waals surface area (Å²) < 4.78 is 8.08. The van der Waals surface area contributed by atoms with Crippen molar-refractivity contribution < 1.29 is 4.52 Å². The molecule has 3 unspecified atom stereocenters. The second kappa shape index (κ2) is 8.33. The molecule has 1 spiro atoms. The van der Waals surface area contributed by atoms with Crippen LogP contribution in [0.1, 0.15) is 78.8 Å². The zero-order valence-electron chi connectivity index (χ0n) is 21.1. The van der Waals surface area contributed by atoms with E-state index in [1.807, 2.05) is 4.68 Å². The number of anilines is 1. The molecule has 0 saturated carbocycles. The molecule has 5 heterocycles. The van der Waals surface area contributed by atoms with Crippen LogP contribution in [-0.2, 0) is 18.3 Å². The number of nitriles is 1. The minimum atomic E-state index is -0.361. The highest BCUT2D eigenvalue weighted by atomic mass is 32.1. The number of rotatable bonds is 3. The highest BCUT2D eigenvalue weighted by Gasteiger charge is 2.48. The zero-order chi connectivity index (χ0) is 25.3. The predicted molar refractivity (Wildman–Crippen MR) is 139 cm³/mol. The summed E-state index contributed by atoms with van der Waals surface area (Å²) in [6.45, 7) is 3.28. The van der Waals surface area contributed by atoms with Crippen LogP contribution in [0, 0.1) is 11.3 Å². The third-order valence-corrected chi connectivity index (χ3v) is 9.89. The van der Waals surface area contributed by atoms with Gasteiger partial charge in [0.25, 0.3) is 0 Å². The molecular weight excluding hydrogens is 486 g/mol. The molecule has 2 N–H and O–H groups in total. The van der Waals surface area contributed by atoms with E-state index in [2.05, 4.69) is 45.4 Å². The van der Waals surface area contributed by atoms with Crippen molar-refractivity contribution in [2.45, 2.75) is 75.8 Å². The van der Waals surface area contributed by atoms with Gasteiger partial charge in [-0.05, 0) is 77.4 Å². The highest BCUT2D eigenvalue weighted by molar-refractivity contribution is 7.16. The minimum Gasteiger partial charge on any atom is -0.389 e. The van der Waals surface area contributed by atoms with Crippen molar-refractivity contribution in [3.8, 4) is 17.6 Å². The first kappa shape index (κ1) is 22.8. The Morgan fingerprint density at radius 2 is 2.11 bits per heavy atom. The van der Waals surface area contributed by atoms with Crippen LogP contribution in [0.15, 0.2) is 10.7 Å². The van der Waals surface area contributed by atoms with Crippen molar-refractivity contribution in [2.24, 2.45) is 0 Å². The number of aromatic nitrogens is 6. The summed E-state index contributed by atoms with van der Waals surface area (Å²) in [5, 5.41) is 23.9. The fourth-order valence-electron chi connectivity index (χ4n) is 7.06. The Balaban J connectivity index is 1.33. The molecular formula is C26H29N9OS. The molecule has 1 fully saturated rings. The topological polar surface area (TPSA) is 136 Å². The van der Waals surface area contributed by atoms with Gasteiger partial charge in [-0.15, -0.1) is 16.4 Å². The van der Waals surface area contributed by atoms with Crippen molar-refractivity contribution in [3.63, 3.8) is 0 Å². The van der Waals surface area contributed by atoms with E-state index in [0.717, 1.165) is 74.0 Å². The number of likely N-dealkylation sites (tertiary alicyclic amines) is 1. The zero-order valence-corrected chi connectivity index (χ0v) is 21.9. The van der Waals surface area contributed by atoms with E-state index in [9.17, 15) is 5.26 Å². The number of hydrogen-bond donors (Lipinski definition) is 1. The molecule has 4 aromatic heterocycles. The average Bonchev–Trinajstić information content (AvgIpc) is 3.68. The number of likely N-dealkylation sites (N-methyl/N-ethyl adjacent to an activating group) is 1. The summed E-state index contributed by atoms with van der Waals surface area (Å²) in [6, 6.07) is 2.92. The predicted octanol–water partition coefficient (Wildman–Crippen LogP) is 4.01. The van der Waals surface area contributed by atoms with Crippen molar-refractivity contribution >= 4 is 27.5 Å². The number of thiophene rings is 1. The van der Waals surface area contributed by atoms with Gasteiger partial charge in [0.05, 0.1) is 23.2 Å². The summed E-state index contributed by atoms with van der Waals surface area (Å²) >= 11 is 1.55. The Hall–Kier alpha value is -3.36. The second-order valence-electron chi connectivity index (χ2n) is 10.7. The molecule has 3 atom stereocenters. The maximum atomic E-state index is 9.95. The van der Waals surface area contributed by atoms with E-state index in [0.29, 0.717) is 33.6 Å². The molecule has 3 aliphatic rings. The molecule has 0 bridgehead atoms. The van der Waals surface area contributed by atoms with Gasteiger partial charge in [-0.2, -0.15) is 5.26 Å². The molecule has 190 valence electrons. The molecule has 1 aliphatic heterocycles. The van der Waals surface area contributed by atoms with Crippen molar-refractivity contribution in [3.05, 3.63) is 33.5 Å². The van der Waals surface area contributed by atoms with E-state index in [1.54, 1.807) is 17.5 Å². The summed E-state index contributed by atoms with van der Waals surface area (Å²) in [7, 11) is 2.17. The average molecular weight is 516 g/mol. The van der Waals surface area contributed by atoms with E-state index in [1.165, 1.54) is 11.3 Å². The number of nitrogens with zero attached hydrogens (tertiary/aromatic N) is 8.